The highest BCUT2D eigenvalue weighted by molar-refractivity contribution is 6.15. The Kier molecular flexibility index (Phi) is 3.45. The summed E-state index contributed by atoms with van der Waals surface area (Å²) in [6.45, 7) is 1.08. The zero-order valence-corrected chi connectivity index (χ0v) is 14.3. The Morgan fingerprint density at radius 2 is 1.16 bits per heavy atom. The van der Waals surface area contributed by atoms with Crippen LogP contribution in [0.4, 0.5) is 11.4 Å². The van der Waals surface area contributed by atoms with Crippen molar-refractivity contribution in [2.24, 2.45) is 0 Å². The lowest BCUT2D eigenvalue weighted by Gasteiger charge is -2.28. The number of benzene rings is 4. The van der Waals surface area contributed by atoms with Gasteiger partial charge in [0.25, 0.3) is 0 Å². The number of anilines is 2. The lowest BCUT2D eigenvalue weighted by Crippen LogP contribution is -2.18. The van der Waals surface area contributed by atoms with Crippen LogP contribution in [0.3, 0.4) is 0 Å². The molecular formula is C24H21N. The largest absolute Gasteiger partial charge is 0.341 e. The lowest BCUT2D eigenvalue weighted by molar-refractivity contribution is 0.762. The van der Waals surface area contributed by atoms with Crippen molar-refractivity contribution in [3.63, 3.8) is 0 Å². The lowest BCUT2D eigenvalue weighted by atomic mass is 9.92. The molecule has 0 radical (unpaired) electrons. The van der Waals surface area contributed by atoms with Crippen LogP contribution in [0.2, 0.25) is 0 Å². The second-order valence-corrected chi connectivity index (χ2v) is 6.86. The summed E-state index contributed by atoms with van der Waals surface area (Å²) in [6, 6.07) is 28.7. The standard InChI is InChI=1S/C24H21N/c1-2-10-18(11-3-1)25-17-9-8-16-23-21-13-5-4-12-19(21)20-14-6-7-15-22(20)24(23)25/h1-7,10-15H,8-9,16-17H2. The second kappa shape index (κ2) is 5.93. The zero-order valence-electron chi connectivity index (χ0n) is 14.3. The van der Waals surface area contributed by atoms with Gasteiger partial charge >= 0.3 is 0 Å². The first-order valence-electron chi connectivity index (χ1n) is 9.18. The quantitative estimate of drug-likeness (QED) is 0.363. The van der Waals surface area contributed by atoms with Gasteiger partial charge in [0, 0.05) is 17.6 Å². The number of aryl methyl sites for hydroxylation is 1. The molecule has 0 saturated carbocycles. The van der Waals surface area contributed by atoms with Gasteiger partial charge in [-0.25, -0.2) is 0 Å². The fourth-order valence-electron chi connectivity index (χ4n) is 4.31. The highest BCUT2D eigenvalue weighted by atomic mass is 15.1. The van der Waals surface area contributed by atoms with Gasteiger partial charge in [-0.05, 0) is 53.1 Å². The van der Waals surface area contributed by atoms with Crippen molar-refractivity contribution >= 4 is 32.9 Å². The van der Waals surface area contributed by atoms with Gasteiger partial charge in [-0.3, -0.25) is 0 Å². The number of hydrogen-bond donors (Lipinski definition) is 0. The smallest absolute Gasteiger partial charge is 0.0529 e. The molecule has 122 valence electrons. The summed E-state index contributed by atoms with van der Waals surface area (Å²) in [5, 5.41) is 5.53. The molecule has 0 fully saturated rings. The third-order valence-corrected chi connectivity index (χ3v) is 5.41. The number of nitrogens with zero attached hydrogens (tertiary/aromatic N) is 1. The van der Waals surface area contributed by atoms with Crippen molar-refractivity contribution in [2.45, 2.75) is 19.3 Å². The second-order valence-electron chi connectivity index (χ2n) is 6.86. The van der Waals surface area contributed by atoms with E-state index in [1.807, 2.05) is 0 Å². The van der Waals surface area contributed by atoms with Crippen LogP contribution in [0.5, 0.6) is 0 Å². The van der Waals surface area contributed by atoms with E-state index in [-0.39, 0.29) is 0 Å². The first-order valence-corrected chi connectivity index (χ1v) is 9.18. The van der Waals surface area contributed by atoms with Crippen LogP contribution in [0.25, 0.3) is 21.5 Å². The summed E-state index contributed by atoms with van der Waals surface area (Å²) < 4.78 is 0. The van der Waals surface area contributed by atoms with Gasteiger partial charge in [-0.2, -0.15) is 0 Å². The number of hydrogen-bond acceptors (Lipinski definition) is 1. The molecule has 1 heteroatoms. The molecule has 4 aromatic carbocycles. The maximum absolute atomic E-state index is 2.54. The van der Waals surface area contributed by atoms with E-state index in [0.717, 1.165) is 13.0 Å². The molecule has 25 heavy (non-hydrogen) atoms. The first-order chi connectivity index (χ1) is 12.4. The van der Waals surface area contributed by atoms with Crippen molar-refractivity contribution in [3.05, 3.63) is 84.4 Å². The maximum atomic E-state index is 2.54. The van der Waals surface area contributed by atoms with E-state index < -0.39 is 0 Å². The van der Waals surface area contributed by atoms with Gasteiger partial charge in [0.15, 0.2) is 0 Å². The molecule has 4 aromatic rings. The van der Waals surface area contributed by atoms with Crippen LogP contribution in [0.15, 0.2) is 78.9 Å². The number of para-hydroxylation sites is 1. The van der Waals surface area contributed by atoms with Gasteiger partial charge in [-0.15, -0.1) is 0 Å². The summed E-state index contributed by atoms with van der Waals surface area (Å²) in [5.41, 5.74) is 4.22. The monoisotopic (exact) mass is 323 g/mol. The van der Waals surface area contributed by atoms with Gasteiger partial charge < -0.3 is 4.90 Å². The summed E-state index contributed by atoms with van der Waals surface area (Å²) >= 11 is 0. The third-order valence-electron chi connectivity index (χ3n) is 5.41. The summed E-state index contributed by atoms with van der Waals surface area (Å²) in [4.78, 5) is 2.54. The van der Waals surface area contributed by atoms with E-state index in [4.69, 9.17) is 0 Å². The van der Waals surface area contributed by atoms with Gasteiger partial charge in [-0.1, -0.05) is 66.7 Å². The van der Waals surface area contributed by atoms with Crippen LogP contribution in [-0.2, 0) is 6.42 Å². The molecule has 0 bridgehead atoms. The molecule has 1 aliphatic heterocycles. The van der Waals surface area contributed by atoms with Crippen molar-refractivity contribution in [3.8, 4) is 0 Å². The van der Waals surface area contributed by atoms with Crippen molar-refractivity contribution in [1.82, 2.24) is 0 Å². The molecular weight excluding hydrogens is 302 g/mol. The first kappa shape index (κ1) is 14.5. The van der Waals surface area contributed by atoms with Crippen LogP contribution in [0, 0.1) is 0 Å². The Morgan fingerprint density at radius 1 is 0.560 bits per heavy atom. The molecule has 0 saturated heterocycles. The van der Waals surface area contributed by atoms with Crippen LogP contribution in [-0.4, -0.2) is 6.54 Å². The van der Waals surface area contributed by atoms with Gasteiger partial charge in [0.1, 0.15) is 0 Å². The maximum Gasteiger partial charge on any atom is 0.0529 e. The Morgan fingerprint density at radius 3 is 1.92 bits per heavy atom. The normalized spacial score (nSPS) is 14.5. The van der Waals surface area contributed by atoms with Crippen molar-refractivity contribution in [2.75, 3.05) is 11.4 Å². The SMILES string of the molecule is c1ccc(N2CCCCc3c2c2ccccc2c2ccccc32)cc1. The molecule has 1 nitrogen and oxygen atoms in total. The minimum atomic E-state index is 1.08. The Bertz CT molecular complexity index is 1050. The Labute approximate surface area is 148 Å². The average Bonchev–Trinajstić information content (AvgIpc) is 2.92. The molecule has 1 heterocycles. The molecule has 0 aliphatic carbocycles. The van der Waals surface area contributed by atoms with E-state index in [1.54, 1.807) is 0 Å². The molecule has 0 amide bonds. The topological polar surface area (TPSA) is 3.24 Å². The fourth-order valence-corrected chi connectivity index (χ4v) is 4.31. The molecule has 0 N–H and O–H groups in total. The van der Waals surface area contributed by atoms with Crippen LogP contribution >= 0.6 is 0 Å². The summed E-state index contributed by atoms with van der Waals surface area (Å²) in [5.74, 6) is 0. The molecule has 0 aromatic heterocycles. The molecule has 0 unspecified atom stereocenters. The van der Waals surface area contributed by atoms with E-state index in [1.165, 1.54) is 51.3 Å². The van der Waals surface area contributed by atoms with Crippen LogP contribution < -0.4 is 4.90 Å². The van der Waals surface area contributed by atoms with E-state index >= 15 is 0 Å². The predicted molar refractivity (Wildman–Crippen MR) is 108 cm³/mol. The van der Waals surface area contributed by atoms with Crippen molar-refractivity contribution in [1.29, 1.82) is 0 Å². The number of rotatable bonds is 1. The minimum absolute atomic E-state index is 1.08. The molecule has 1 aliphatic rings. The van der Waals surface area contributed by atoms with Gasteiger partial charge in [0.2, 0.25) is 0 Å². The van der Waals surface area contributed by atoms with E-state index in [2.05, 4.69) is 83.8 Å². The Balaban J connectivity index is 1.92. The zero-order chi connectivity index (χ0) is 16.6. The summed E-state index contributed by atoms with van der Waals surface area (Å²) in [6.07, 6.45) is 3.63. The van der Waals surface area contributed by atoms with E-state index in [0.29, 0.717) is 0 Å². The highest BCUT2D eigenvalue weighted by Gasteiger charge is 2.22. The van der Waals surface area contributed by atoms with E-state index in [9.17, 15) is 0 Å². The molecule has 0 atom stereocenters. The highest BCUT2D eigenvalue weighted by Crippen LogP contribution is 2.43. The molecule has 0 spiro atoms. The van der Waals surface area contributed by atoms with Crippen molar-refractivity contribution < 1.29 is 0 Å². The molecule has 5 rings (SSSR count). The predicted octanol–water partition coefficient (Wildman–Crippen LogP) is 6.47. The van der Waals surface area contributed by atoms with Gasteiger partial charge in [0.05, 0.1) is 5.69 Å². The fraction of sp³-hybridized carbons (Fsp3) is 0.167. The Hall–Kier alpha value is -2.80. The van der Waals surface area contributed by atoms with Crippen LogP contribution in [0.1, 0.15) is 18.4 Å². The third kappa shape index (κ3) is 2.31. The average molecular weight is 323 g/mol. The minimum Gasteiger partial charge on any atom is -0.341 e. The summed E-state index contributed by atoms with van der Waals surface area (Å²) in [7, 11) is 0. The number of fused-ring (bicyclic) bond motifs is 6.